The van der Waals surface area contributed by atoms with Crippen molar-refractivity contribution in [2.24, 2.45) is 0 Å². The maximum atomic E-state index is 12.9. The minimum Gasteiger partial charge on any atom is -0.350 e. The Morgan fingerprint density at radius 3 is 2.68 bits per heavy atom. The second-order valence-corrected chi connectivity index (χ2v) is 6.83. The summed E-state index contributed by atoms with van der Waals surface area (Å²) in [6.07, 6.45) is 3.92. The Balaban J connectivity index is 1.89. The van der Waals surface area contributed by atoms with Crippen LogP contribution >= 0.6 is 11.8 Å². The first kappa shape index (κ1) is 16.0. The normalized spacial score (nSPS) is 15.7. The fourth-order valence-electron chi connectivity index (χ4n) is 3.25. The largest absolute Gasteiger partial charge is 0.350 e. The molecular formula is C20H19N3OS. The summed E-state index contributed by atoms with van der Waals surface area (Å²) in [4.78, 5) is 17.7. The number of allylic oxidation sites excluding steroid dienone is 1. The molecule has 0 atom stereocenters. The van der Waals surface area contributed by atoms with Gasteiger partial charge in [-0.2, -0.15) is 0 Å². The van der Waals surface area contributed by atoms with E-state index in [0.717, 1.165) is 47.0 Å². The molecule has 126 valence electrons. The fourth-order valence-corrected chi connectivity index (χ4v) is 3.91. The molecule has 1 N–H and O–H groups in total. The lowest BCUT2D eigenvalue weighted by atomic mass is 10.1. The summed E-state index contributed by atoms with van der Waals surface area (Å²) in [5, 5.41) is 5.24. The maximum Gasteiger partial charge on any atom is 0.261 e. The lowest BCUT2D eigenvalue weighted by Crippen LogP contribution is -2.28. The summed E-state index contributed by atoms with van der Waals surface area (Å²) < 4.78 is 1.82. The van der Waals surface area contributed by atoms with Gasteiger partial charge < -0.3 is 5.32 Å². The Hall–Kier alpha value is -2.53. The highest BCUT2D eigenvalue weighted by atomic mass is 32.2. The van der Waals surface area contributed by atoms with E-state index in [1.807, 2.05) is 59.2 Å². The van der Waals surface area contributed by atoms with Crippen LogP contribution in [0.4, 0.5) is 5.69 Å². The predicted molar refractivity (Wildman–Crippen MR) is 106 cm³/mol. The number of nitrogens with zero attached hydrogens (tertiary/aromatic N) is 2. The number of hydrogen-bond donors (Lipinski definition) is 1. The Labute approximate surface area is 150 Å². The van der Waals surface area contributed by atoms with Gasteiger partial charge >= 0.3 is 0 Å². The Morgan fingerprint density at radius 2 is 1.88 bits per heavy atom. The Bertz CT molecular complexity index is 1010. The van der Waals surface area contributed by atoms with Gasteiger partial charge in [-0.05, 0) is 43.4 Å². The number of fused-ring (bicyclic) bond motifs is 2. The SMILES string of the molecule is CS/C(Nc1ccccc1)=C1\CCCn2c1nc1ccccc1c2=O. The molecule has 4 nitrogen and oxygen atoms in total. The molecule has 1 aliphatic heterocycles. The van der Waals surface area contributed by atoms with Gasteiger partial charge in [-0.3, -0.25) is 9.36 Å². The first-order chi connectivity index (χ1) is 12.3. The molecule has 0 aliphatic carbocycles. The lowest BCUT2D eigenvalue weighted by molar-refractivity contribution is 0.585. The molecular weight excluding hydrogens is 330 g/mol. The molecule has 0 bridgehead atoms. The van der Waals surface area contributed by atoms with Crippen molar-refractivity contribution in [3.05, 3.63) is 75.8 Å². The monoisotopic (exact) mass is 349 g/mol. The van der Waals surface area contributed by atoms with Gasteiger partial charge in [0.05, 0.1) is 15.9 Å². The highest BCUT2D eigenvalue weighted by molar-refractivity contribution is 8.02. The summed E-state index contributed by atoms with van der Waals surface area (Å²) in [5.41, 5.74) is 2.97. The van der Waals surface area contributed by atoms with Crippen molar-refractivity contribution in [1.29, 1.82) is 0 Å². The van der Waals surface area contributed by atoms with Crippen LogP contribution in [-0.2, 0) is 6.54 Å². The van der Waals surface area contributed by atoms with E-state index in [1.54, 1.807) is 11.8 Å². The number of thioether (sulfide) groups is 1. The third kappa shape index (κ3) is 2.96. The molecule has 1 aromatic heterocycles. The van der Waals surface area contributed by atoms with Gasteiger partial charge in [0.15, 0.2) is 0 Å². The number of nitrogens with one attached hydrogen (secondary N) is 1. The predicted octanol–water partition coefficient (Wildman–Crippen LogP) is 4.33. The molecule has 0 radical (unpaired) electrons. The van der Waals surface area contributed by atoms with Gasteiger partial charge in [-0.25, -0.2) is 4.98 Å². The van der Waals surface area contributed by atoms with Crippen molar-refractivity contribution in [1.82, 2.24) is 9.55 Å². The van der Waals surface area contributed by atoms with Crippen LogP contribution < -0.4 is 10.9 Å². The van der Waals surface area contributed by atoms with Crippen LogP contribution in [0.5, 0.6) is 0 Å². The molecule has 0 spiro atoms. The number of anilines is 1. The first-order valence-corrected chi connectivity index (χ1v) is 9.59. The zero-order valence-electron chi connectivity index (χ0n) is 14.0. The highest BCUT2D eigenvalue weighted by Crippen LogP contribution is 2.32. The molecule has 0 unspecified atom stereocenters. The third-order valence-electron chi connectivity index (χ3n) is 4.45. The number of benzene rings is 2. The van der Waals surface area contributed by atoms with Gasteiger partial charge in [0, 0.05) is 17.8 Å². The van der Waals surface area contributed by atoms with Crippen molar-refractivity contribution in [3.63, 3.8) is 0 Å². The molecule has 2 heterocycles. The lowest BCUT2D eigenvalue weighted by Gasteiger charge is -2.23. The second kappa shape index (κ2) is 6.76. The van der Waals surface area contributed by atoms with Crippen molar-refractivity contribution in [2.75, 3.05) is 11.6 Å². The van der Waals surface area contributed by atoms with Crippen LogP contribution in [-0.4, -0.2) is 15.8 Å². The average molecular weight is 349 g/mol. The van der Waals surface area contributed by atoms with Crippen LogP contribution in [0.25, 0.3) is 16.5 Å². The quantitative estimate of drug-likeness (QED) is 0.764. The highest BCUT2D eigenvalue weighted by Gasteiger charge is 2.21. The molecule has 0 saturated heterocycles. The molecule has 0 amide bonds. The standard InChI is InChI=1S/C20H19N3OS/c1-25-19(21-14-8-3-2-4-9-14)16-11-7-13-23-18(16)22-17-12-6-5-10-15(17)20(23)24/h2-6,8-10,12,21H,7,11,13H2,1H3/b19-16+. The third-order valence-corrected chi connectivity index (χ3v) is 5.21. The van der Waals surface area contributed by atoms with Gasteiger partial charge in [0.2, 0.25) is 0 Å². The minimum atomic E-state index is 0.0537. The maximum absolute atomic E-state index is 12.9. The van der Waals surface area contributed by atoms with E-state index in [-0.39, 0.29) is 5.56 Å². The van der Waals surface area contributed by atoms with Crippen molar-refractivity contribution in [2.45, 2.75) is 19.4 Å². The zero-order chi connectivity index (χ0) is 17.2. The molecule has 0 fully saturated rings. The van der Waals surface area contributed by atoms with E-state index in [1.165, 1.54) is 0 Å². The van der Waals surface area contributed by atoms with Crippen LogP contribution in [0.15, 0.2) is 64.4 Å². The number of hydrogen-bond acceptors (Lipinski definition) is 4. The first-order valence-electron chi connectivity index (χ1n) is 8.37. The molecule has 2 aromatic carbocycles. The van der Waals surface area contributed by atoms with Crippen LogP contribution in [0, 0.1) is 0 Å². The molecule has 3 aromatic rings. The van der Waals surface area contributed by atoms with Crippen LogP contribution in [0.3, 0.4) is 0 Å². The van der Waals surface area contributed by atoms with E-state index in [9.17, 15) is 4.79 Å². The van der Waals surface area contributed by atoms with Gasteiger partial charge in [0.1, 0.15) is 5.82 Å². The number of rotatable bonds is 3. The van der Waals surface area contributed by atoms with Crippen LogP contribution in [0.2, 0.25) is 0 Å². The Morgan fingerprint density at radius 1 is 1.12 bits per heavy atom. The smallest absolute Gasteiger partial charge is 0.261 e. The fraction of sp³-hybridized carbons (Fsp3) is 0.200. The molecule has 1 aliphatic rings. The van der Waals surface area contributed by atoms with Gasteiger partial charge in [0.25, 0.3) is 5.56 Å². The van der Waals surface area contributed by atoms with E-state index in [0.29, 0.717) is 5.39 Å². The van der Waals surface area contributed by atoms with Crippen LogP contribution in [0.1, 0.15) is 18.7 Å². The van der Waals surface area contributed by atoms with E-state index >= 15 is 0 Å². The summed E-state index contributed by atoms with van der Waals surface area (Å²) in [6, 6.07) is 17.7. The zero-order valence-corrected chi connectivity index (χ0v) is 14.8. The van der Waals surface area contributed by atoms with Gasteiger partial charge in [-0.15, -0.1) is 11.8 Å². The molecule has 25 heavy (non-hydrogen) atoms. The van der Waals surface area contributed by atoms with E-state index in [4.69, 9.17) is 4.98 Å². The topological polar surface area (TPSA) is 46.9 Å². The molecule has 0 saturated carbocycles. The Kier molecular flexibility index (Phi) is 4.32. The molecule has 5 heteroatoms. The van der Waals surface area contributed by atoms with E-state index in [2.05, 4.69) is 11.6 Å². The summed E-state index contributed by atoms with van der Waals surface area (Å²) in [6.45, 7) is 0.725. The minimum absolute atomic E-state index is 0.0537. The van der Waals surface area contributed by atoms with E-state index < -0.39 is 0 Å². The van der Waals surface area contributed by atoms with Crippen molar-refractivity contribution < 1.29 is 0 Å². The molecule has 4 rings (SSSR count). The average Bonchev–Trinajstić information content (AvgIpc) is 2.67. The number of aromatic nitrogens is 2. The van der Waals surface area contributed by atoms with Gasteiger partial charge in [-0.1, -0.05) is 30.3 Å². The summed E-state index contributed by atoms with van der Waals surface area (Å²) >= 11 is 1.66. The summed E-state index contributed by atoms with van der Waals surface area (Å²) in [7, 11) is 0. The second-order valence-electron chi connectivity index (χ2n) is 6.02. The number of para-hydroxylation sites is 2. The summed E-state index contributed by atoms with van der Waals surface area (Å²) in [5.74, 6) is 0.794. The van der Waals surface area contributed by atoms with Crippen molar-refractivity contribution in [3.8, 4) is 0 Å². The van der Waals surface area contributed by atoms with Crippen molar-refractivity contribution >= 4 is 33.9 Å².